The van der Waals surface area contributed by atoms with E-state index < -0.39 is 10.0 Å². The number of hydrogen-bond acceptors (Lipinski definition) is 2. The summed E-state index contributed by atoms with van der Waals surface area (Å²) in [6.07, 6.45) is 6.90. The summed E-state index contributed by atoms with van der Waals surface area (Å²) in [4.78, 5) is 0. The summed E-state index contributed by atoms with van der Waals surface area (Å²) in [6.45, 7) is 0. The number of sulfonamides is 1. The summed E-state index contributed by atoms with van der Waals surface area (Å²) in [5.74, 6) is 0. The second-order valence-corrected chi connectivity index (χ2v) is 7.34. The molecule has 0 atom stereocenters. The number of nitrogens with one attached hydrogen (secondary N) is 1. The largest absolute Gasteiger partial charge is 0.215 e. The zero-order valence-electron chi connectivity index (χ0n) is 8.84. The highest BCUT2D eigenvalue weighted by Crippen LogP contribution is 2.35. The smallest absolute Gasteiger partial charge is 0.212 e. The van der Waals surface area contributed by atoms with Crippen LogP contribution in [0.2, 0.25) is 0 Å². The van der Waals surface area contributed by atoms with E-state index in [4.69, 9.17) is 0 Å². The first-order chi connectivity index (χ1) is 7.08. The summed E-state index contributed by atoms with van der Waals surface area (Å²) in [5, 5.41) is 0.611. The van der Waals surface area contributed by atoms with E-state index in [9.17, 15) is 8.42 Å². The third-order valence-corrected chi connectivity index (χ3v) is 6.81. The minimum atomic E-state index is -3.07. The van der Waals surface area contributed by atoms with Gasteiger partial charge in [-0.1, -0.05) is 28.8 Å². The molecule has 0 aromatic carbocycles. The molecule has 0 heterocycles. The molecule has 2 aliphatic rings. The summed E-state index contributed by atoms with van der Waals surface area (Å²) in [5.41, 5.74) is -0.165. The molecule has 0 aromatic heterocycles. The van der Waals surface area contributed by atoms with E-state index in [0.717, 1.165) is 50.3 Å². The zero-order valence-corrected chi connectivity index (χ0v) is 11.2. The van der Waals surface area contributed by atoms with Crippen LogP contribution in [-0.2, 0) is 10.0 Å². The third kappa shape index (κ3) is 2.39. The third-order valence-electron chi connectivity index (χ3n) is 3.67. The van der Waals surface area contributed by atoms with Crippen LogP contribution < -0.4 is 4.72 Å². The molecule has 3 nitrogen and oxygen atoms in total. The Hall–Kier alpha value is 0.390. The highest BCUT2D eigenvalue weighted by atomic mass is 79.9. The van der Waals surface area contributed by atoms with Crippen molar-refractivity contribution in [3.63, 3.8) is 0 Å². The quantitative estimate of drug-likeness (QED) is 0.808. The van der Waals surface area contributed by atoms with Crippen LogP contribution in [0.5, 0.6) is 0 Å². The summed E-state index contributed by atoms with van der Waals surface area (Å²) >= 11 is 3.42. The van der Waals surface area contributed by atoms with E-state index in [0.29, 0.717) is 0 Å². The van der Waals surface area contributed by atoms with Crippen LogP contribution in [0.3, 0.4) is 0 Å². The van der Waals surface area contributed by atoms with Crippen molar-refractivity contribution in [1.29, 1.82) is 0 Å². The first-order valence-electron chi connectivity index (χ1n) is 5.67. The van der Waals surface area contributed by atoms with Gasteiger partial charge in [0.15, 0.2) is 0 Å². The highest BCUT2D eigenvalue weighted by Gasteiger charge is 2.42. The van der Waals surface area contributed by atoms with Gasteiger partial charge in [-0.2, -0.15) is 0 Å². The van der Waals surface area contributed by atoms with Gasteiger partial charge in [0.1, 0.15) is 0 Å². The van der Waals surface area contributed by atoms with Crippen molar-refractivity contribution in [2.24, 2.45) is 0 Å². The Kier molecular flexibility index (Phi) is 3.43. The van der Waals surface area contributed by atoms with Crippen molar-refractivity contribution in [3.8, 4) is 0 Å². The molecule has 0 saturated heterocycles. The predicted molar refractivity (Wildman–Crippen MR) is 64.7 cm³/mol. The van der Waals surface area contributed by atoms with E-state index in [1.54, 1.807) is 0 Å². The maximum absolute atomic E-state index is 12.1. The van der Waals surface area contributed by atoms with Crippen molar-refractivity contribution in [1.82, 2.24) is 4.72 Å². The Morgan fingerprint density at radius 1 is 1.20 bits per heavy atom. The molecule has 2 aliphatic carbocycles. The number of hydrogen-bond donors (Lipinski definition) is 1. The molecule has 0 unspecified atom stereocenters. The van der Waals surface area contributed by atoms with Gasteiger partial charge in [-0.3, -0.25) is 0 Å². The average Bonchev–Trinajstić information content (AvgIpc) is 2.64. The second kappa shape index (κ2) is 4.34. The Labute approximate surface area is 100 Å². The fourth-order valence-corrected chi connectivity index (χ4v) is 5.34. The topological polar surface area (TPSA) is 46.2 Å². The molecule has 0 amide bonds. The van der Waals surface area contributed by atoms with E-state index in [-0.39, 0.29) is 10.8 Å². The molecule has 0 radical (unpaired) electrons. The van der Waals surface area contributed by atoms with Gasteiger partial charge in [-0.25, -0.2) is 13.1 Å². The maximum Gasteiger partial charge on any atom is 0.215 e. The zero-order chi connectivity index (χ0) is 10.9. The molecule has 88 valence electrons. The fourth-order valence-electron chi connectivity index (χ4n) is 2.45. The van der Waals surface area contributed by atoms with Crippen molar-refractivity contribution in [2.45, 2.75) is 55.7 Å². The SMILES string of the molecule is O=S(=O)(NC1(CBr)CCC1)C1CCCC1. The number of rotatable bonds is 4. The van der Waals surface area contributed by atoms with Gasteiger partial charge in [0.05, 0.1) is 5.25 Å². The van der Waals surface area contributed by atoms with Gasteiger partial charge in [-0.05, 0) is 32.1 Å². The van der Waals surface area contributed by atoms with Crippen LogP contribution >= 0.6 is 15.9 Å². The molecule has 0 aliphatic heterocycles. The summed E-state index contributed by atoms with van der Waals surface area (Å²) in [6, 6.07) is 0. The molecule has 0 spiro atoms. The van der Waals surface area contributed by atoms with E-state index >= 15 is 0 Å². The van der Waals surface area contributed by atoms with Crippen LogP contribution in [0.25, 0.3) is 0 Å². The molecular formula is C10H18BrNO2S. The summed E-state index contributed by atoms with van der Waals surface area (Å²) in [7, 11) is -3.07. The Morgan fingerprint density at radius 2 is 1.80 bits per heavy atom. The van der Waals surface area contributed by atoms with Crippen LogP contribution in [0.4, 0.5) is 0 Å². The molecule has 2 saturated carbocycles. The van der Waals surface area contributed by atoms with Crippen LogP contribution in [0.1, 0.15) is 44.9 Å². The van der Waals surface area contributed by atoms with Crippen molar-refractivity contribution in [3.05, 3.63) is 0 Å². The first-order valence-corrected chi connectivity index (χ1v) is 8.34. The van der Waals surface area contributed by atoms with Crippen molar-refractivity contribution in [2.75, 3.05) is 5.33 Å². The average molecular weight is 296 g/mol. The standard InChI is InChI=1S/C10H18BrNO2S/c11-8-10(6-3-7-10)12-15(13,14)9-4-1-2-5-9/h9,12H,1-8H2. The Morgan fingerprint density at radius 3 is 2.20 bits per heavy atom. The monoisotopic (exact) mass is 295 g/mol. The van der Waals surface area contributed by atoms with Crippen LogP contribution in [0, 0.1) is 0 Å². The van der Waals surface area contributed by atoms with Crippen molar-refractivity contribution < 1.29 is 8.42 Å². The fraction of sp³-hybridized carbons (Fsp3) is 1.00. The molecule has 15 heavy (non-hydrogen) atoms. The lowest BCUT2D eigenvalue weighted by atomic mass is 9.80. The molecule has 0 bridgehead atoms. The second-order valence-electron chi connectivity index (χ2n) is 4.82. The lowest BCUT2D eigenvalue weighted by Gasteiger charge is -2.41. The highest BCUT2D eigenvalue weighted by molar-refractivity contribution is 9.09. The van der Waals surface area contributed by atoms with Gasteiger partial charge in [0, 0.05) is 10.9 Å². The normalized spacial score (nSPS) is 26.5. The number of halogens is 1. The lowest BCUT2D eigenvalue weighted by Crippen LogP contribution is -2.56. The molecular weight excluding hydrogens is 278 g/mol. The van der Waals surface area contributed by atoms with Crippen molar-refractivity contribution >= 4 is 26.0 Å². The van der Waals surface area contributed by atoms with E-state index in [2.05, 4.69) is 20.7 Å². The van der Waals surface area contributed by atoms with Gasteiger partial charge < -0.3 is 0 Å². The lowest BCUT2D eigenvalue weighted by molar-refractivity contribution is 0.255. The van der Waals surface area contributed by atoms with Gasteiger partial charge in [0.25, 0.3) is 0 Å². The van der Waals surface area contributed by atoms with E-state index in [1.807, 2.05) is 0 Å². The van der Waals surface area contributed by atoms with Gasteiger partial charge in [0.2, 0.25) is 10.0 Å². The van der Waals surface area contributed by atoms with Gasteiger partial charge >= 0.3 is 0 Å². The Bertz CT molecular complexity index is 313. The van der Waals surface area contributed by atoms with Crippen LogP contribution in [-0.4, -0.2) is 24.5 Å². The predicted octanol–water partition coefficient (Wildman–Crippen LogP) is 2.17. The molecule has 0 aromatic rings. The first kappa shape index (κ1) is 11.9. The minimum absolute atomic E-state index is 0.131. The molecule has 5 heteroatoms. The molecule has 1 N–H and O–H groups in total. The van der Waals surface area contributed by atoms with Crippen LogP contribution in [0.15, 0.2) is 0 Å². The van der Waals surface area contributed by atoms with E-state index in [1.165, 1.54) is 0 Å². The Balaban J connectivity index is 2.03. The molecule has 2 rings (SSSR count). The number of alkyl halides is 1. The molecule has 2 fully saturated rings. The summed E-state index contributed by atoms with van der Waals surface area (Å²) < 4.78 is 27.1. The maximum atomic E-state index is 12.1. The minimum Gasteiger partial charge on any atom is -0.212 e. The van der Waals surface area contributed by atoms with Gasteiger partial charge in [-0.15, -0.1) is 0 Å².